The first-order valence-corrected chi connectivity index (χ1v) is 7.56. The fourth-order valence-electron chi connectivity index (χ4n) is 3.09. The lowest BCUT2D eigenvalue weighted by atomic mass is 10.1. The van der Waals surface area contributed by atoms with Crippen LogP contribution in [0.15, 0.2) is 18.2 Å². The molecular formula is C17H21N3O2. The second-order valence-corrected chi connectivity index (χ2v) is 5.78. The Kier molecular flexibility index (Phi) is 3.88. The highest BCUT2D eigenvalue weighted by Gasteiger charge is 2.22. The number of amides is 1. The van der Waals surface area contributed by atoms with Gasteiger partial charge in [0.05, 0.1) is 19.2 Å². The van der Waals surface area contributed by atoms with Gasteiger partial charge in [0.1, 0.15) is 11.6 Å². The molecule has 2 aromatic rings. The second-order valence-electron chi connectivity index (χ2n) is 5.78. The molecule has 0 saturated heterocycles. The summed E-state index contributed by atoms with van der Waals surface area (Å²) in [6, 6.07) is 5.82. The molecule has 1 aliphatic carbocycles. The number of ether oxygens (including phenoxy) is 1. The van der Waals surface area contributed by atoms with E-state index in [4.69, 9.17) is 4.74 Å². The highest BCUT2D eigenvalue weighted by molar-refractivity contribution is 5.92. The predicted octanol–water partition coefficient (Wildman–Crippen LogP) is 2.41. The predicted molar refractivity (Wildman–Crippen MR) is 85.3 cm³/mol. The fourth-order valence-corrected chi connectivity index (χ4v) is 3.09. The molecule has 3 rings (SSSR count). The standard InChI is InChI=1S/C17H21N3O2/c1-11-9-12(7-8-15(11)22-3)10-16(21)18-17-13-5-4-6-14(13)19-20(17)2/h7-9H,4-6,10H2,1-3H3,(H,18,21). The van der Waals surface area contributed by atoms with E-state index in [0.717, 1.165) is 47.7 Å². The number of benzene rings is 1. The number of rotatable bonds is 4. The maximum atomic E-state index is 12.3. The van der Waals surface area contributed by atoms with Crippen LogP contribution >= 0.6 is 0 Å². The van der Waals surface area contributed by atoms with Crippen LogP contribution in [-0.2, 0) is 31.1 Å². The van der Waals surface area contributed by atoms with E-state index in [1.54, 1.807) is 11.8 Å². The number of hydrogen-bond donors (Lipinski definition) is 1. The van der Waals surface area contributed by atoms with E-state index in [9.17, 15) is 4.79 Å². The van der Waals surface area contributed by atoms with Crippen molar-refractivity contribution in [3.05, 3.63) is 40.6 Å². The van der Waals surface area contributed by atoms with Gasteiger partial charge in [-0.3, -0.25) is 9.48 Å². The minimum Gasteiger partial charge on any atom is -0.496 e. The molecule has 5 heteroatoms. The van der Waals surface area contributed by atoms with Crippen molar-refractivity contribution >= 4 is 11.7 Å². The summed E-state index contributed by atoms with van der Waals surface area (Å²) in [5.41, 5.74) is 4.34. The highest BCUT2D eigenvalue weighted by Crippen LogP contribution is 2.28. The number of fused-ring (bicyclic) bond motifs is 1. The summed E-state index contributed by atoms with van der Waals surface area (Å²) < 4.78 is 7.02. The minimum absolute atomic E-state index is 0.0118. The third-order valence-corrected chi connectivity index (χ3v) is 4.15. The van der Waals surface area contributed by atoms with Crippen molar-refractivity contribution < 1.29 is 9.53 Å². The molecule has 1 N–H and O–H groups in total. The first kappa shape index (κ1) is 14.6. The molecule has 22 heavy (non-hydrogen) atoms. The summed E-state index contributed by atoms with van der Waals surface area (Å²) in [5, 5.41) is 7.49. The number of carbonyl (C=O) groups excluding carboxylic acids is 1. The van der Waals surface area contributed by atoms with Crippen LogP contribution in [0.3, 0.4) is 0 Å². The molecule has 5 nitrogen and oxygen atoms in total. The fraction of sp³-hybridized carbons (Fsp3) is 0.412. The second kappa shape index (κ2) is 5.83. The SMILES string of the molecule is COc1ccc(CC(=O)Nc2c3c(nn2C)CCC3)cc1C. The highest BCUT2D eigenvalue weighted by atomic mass is 16.5. The summed E-state index contributed by atoms with van der Waals surface area (Å²) in [6.07, 6.45) is 3.49. The molecule has 116 valence electrons. The first-order valence-electron chi connectivity index (χ1n) is 7.56. The van der Waals surface area contributed by atoms with Gasteiger partial charge in [0, 0.05) is 12.6 Å². The van der Waals surface area contributed by atoms with E-state index >= 15 is 0 Å². The molecule has 1 aromatic heterocycles. The quantitative estimate of drug-likeness (QED) is 0.943. The average molecular weight is 299 g/mol. The third kappa shape index (κ3) is 2.71. The van der Waals surface area contributed by atoms with Gasteiger partial charge in [-0.05, 0) is 43.4 Å². The van der Waals surface area contributed by atoms with E-state index in [1.165, 1.54) is 5.56 Å². The summed E-state index contributed by atoms with van der Waals surface area (Å²) in [6.45, 7) is 1.98. The van der Waals surface area contributed by atoms with E-state index in [0.29, 0.717) is 6.42 Å². The molecule has 0 atom stereocenters. The number of hydrogen-bond acceptors (Lipinski definition) is 3. The Hall–Kier alpha value is -2.30. The Morgan fingerprint density at radius 3 is 2.95 bits per heavy atom. The van der Waals surface area contributed by atoms with Crippen LogP contribution in [0.4, 0.5) is 5.82 Å². The summed E-state index contributed by atoms with van der Waals surface area (Å²) >= 11 is 0. The lowest BCUT2D eigenvalue weighted by molar-refractivity contribution is -0.115. The van der Waals surface area contributed by atoms with Gasteiger partial charge in [-0.1, -0.05) is 12.1 Å². The molecular weight excluding hydrogens is 278 g/mol. The van der Waals surface area contributed by atoms with Crippen LogP contribution in [0, 0.1) is 6.92 Å². The Labute approximate surface area is 130 Å². The molecule has 0 aliphatic heterocycles. The number of carbonyl (C=O) groups is 1. The van der Waals surface area contributed by atoms with Crippen molar-refractivity contribution in [2.75, 3.05) is 12.4 Å². The van der Waals surface area contributed by atoms with Crippen LogP contribution in [0.5, 0.6) is 5.75 Å². The number of aromatic nitrogens is 2. The number of nitrogens with zero attached hydrogens (tertiary/aromatic N) is 2. The zero-order valence-corrected chi connectivity index (χ0v) is 13.3. The third-order valence-electron chi connectivity index (χ3n) is 4.15. The van der Waals surface area contributed by atoms with Gasteiger partial charge in [-0.25, -0.2) is 0 Å². The molecule has 0 spiro atoms. The number of anilines is 1. The maximum Gasteiger partial charge on any atom is 0.229 e. The maximum absolute atomic E-state index is 12.3. The van der Waals surface area contributed by atoms with Crippen molar-refractivity contribution in [2.45, 2.75) is 32.6 Å². The number of methoxy groups -OCH3 is 1. The Bertz CT molecular complexity index is 719. The van der Waals surface area contributed by atoms with Crippen LogP contribution in [0.25, 0.3) is 0 Å². The summed E-state index contributed by atoms with van der Waals surface area (Å²) in [5.74, 6) is 1.68. The smallest absolute Gasteiger partial charge is 0.229 e. The van der Waals surface area contributed by atoms with Gasteiger partial charge in [-0.2, -0.15) is 5.10 Å². The van der Waals surface area contributed by atoms with Crippen LogP contribution < -0.4 is 10.1 Å². The Morgan fingerprint density at radius 2 is 2.23 bits per heavy atom. The number of aryl methyl sites for hydroxylation is 3. The van der Waals surface area contributed by atoms with Gasteiger partial charge >= 0.3 is 0 Å². The normalized spacial score (nSPS) is 13.0. The zero-order valence-electron chi connectivity index (χ0n) is 13.3. The lowest BCUT2D eigenvalue weighted by Gasteiger charge is -2.09. The van der Waals surface area contributed by atoms with E-state index in [-0.39, 0.29) is 5.91 Å². The van der Waals surface area contributed by atoms with E-state index in [2.05, 4.69) is 10.4 Å². The molecule has 1 aliphatic rings. The van der Waals surface area contributed by atoms with E-state index < -0.39 is 0 Å². The van der Waals surface area contributed by atoms with Crippen molar-refractivity contribution in [1.29, 1.82) is 0 Å². The van der Waals surface area contributed by atoms with Crippen molar-refractivity contribution in [1.82, 2.24) is 9.78 Å². The molecule has 0 saturated carbocycles. The molecule has 1 aromatic carbocycles. The first-order chi connectivity index (χ1) is 10.6. The number of nitrogens with one attached hydrogen (secondary N) is 1. The molecule has 0 unspecified atom stereocenters. The van der Waals surface area contributed by atoms with Crippen molar-refractivity contribution in [3.8, 4) is 5.75 Å². The lowest BCUT2D eigenvalue weighted by Crippen LogP contribution is -2.17. The summed E-state index contributed by atoms with van der Waals surface area (Å²) in [7, 11) is 3.53. The van der Waals surface area contributed by atoms with Gasteiger partial charge in [0.15, 0.2) is 0 Å². The topological polar surface area (TPSA) is 56.1 Å². The zero-order chi connectivity index (χ0) is 15.7. The molecule has 0 radical (unpaired) electrons. The van der Waals surface area contributed by atoms with Crippen LogP contribution in [-0.4, -0.2) is 22.8 Å². The largest absolute Gasteiger partial charge is 0.496 e. The molecule has 1 amide bonds. The van der Waals surface area contributed by atoms with E-state index in [1.807, 2.05) is 32.2 Å². The van der Waals surface area contributed by atoms with Crippen LogP contribution in [0.1, 0.15) is 28.8 Å². The van der Waals surface area contributed by atoms with Gasteiger partial charge in [0.2, 0.25) is 5.91 Å². The average Bonchev–Trinajstić information content (AvgIpc) is 3.02. The van der Waals surface area contributed by atoms with Crippen molar-refractivity contribution in [3.63, 3.8) is 0 Å². The van der Waals surface area contributed by atoms with Gasteiger partial charge in [0.25, 0.3) is 0 Å². The van der Waals surface area contributed by atoms with Crippen LogP contribution in [0.2, 0.25) is 0 Å². The molecule has 0 bridgehead atoms. The minimum atomic E-state index is -0.0118. The molecule has 1 heterocycles. The van der Waals surface area contributed by atoms with Gasteiger partial charge in [-0.15, -0.1) is 0 Å². The summed E-state index contributed by atoms with van der Waals surface area (Å²) in [4.78, 5) is 12.3. The Balaban J connectivity index is 1.72. The monoisotopic (exact) mass is 299 g/mol. The van der Waals surface area contributed by atoms with Gasteiger partial charge < -0.3 is 10.1 Å². The van der Waals surface area contributed by atoms with Crippen molar-refractivity contribution in [2.24, 2.45) is 7.05 Å². The molecule has 0 fully saturated rings. The Morgan fingerprint density at radius 1 is 1.41 bits per heavy atom.